The number of nitrogens with one attached hydrogen (secondary N) is 1. The number of anilines is 1. The van der Waals surface area contributed by atoms with Gasteiger partial charge in [0.2, 0.25) is 0 Å². The van der Waals surface area contributed by atoms with Crippen LogP contribution in [0.4, 0.5) is 5.82 Å². The number of amides is 1. The van der Waals surface area contributed by atoms with E-state index >= 15 is 0 Å². The third-order valence-corrected chi connectivity index (χ3v) is 3.77. The minimum atomic E-state index is 0.0178. The van der Waals surface area contributed by atoms with E-state index in [0.29, 0.717) is 17.6 Å². The highest BCUT2D eigenvalue weighted by Gasteiger charge is 2.27. The van der Waals surface area contributed by atoms with Gasteiger partial charge >= 0.3 is 0 Å². The minimum Gasteiger partial charge on any atom is -0.369 e. The number of nitrogens with zero attached hydrogens (tertiary/aromatic N) is 3. The Balaban J connectivity index is 2.11. The summed E-state index contributed by atoms with van der Waals surface area (Å²) in [6.07, 6.45) is 8.66. The number of carbonyl (C=O) groups is 1. The average Bonchev–Trinajstić information content (AvgIpc) is 2.52. The van der Waals surface area contributed by atoms with Crippen LogP contribution in [0.25, 0.3) is 0 Å². The lowest BCUT2D eigenvalue weighted by atomic mass is 10.00. The molecule has 5 nitrogen and oxygen atoms in total. The normalized spacial score (nSPS) is 18.9. The first-order chi connectivity index (χ1) is 9.76. The second kappa shape index (κ2) is 7.22. The largest absolute Gasteiger partial charge is 0.369 e. The van der Waals surface area contributed by atoms with Gasteiger partial charge in [0.15, 0.2) is 0 Å². The molecule has 1 aromatic rings. The molecule has 110 valence electrons. The lowest BCUT2D eigenvalue weighted by molar-refractivity contribution is 0.0601. The molecule has 0 bridgehead atoms. The van der Waals surface area contributed by atoms with Crippen LogP contribution in [0.5, 0.6) is 0 Å². The van der Waals surface area contributed by atoms with Gasteiger partial charge in [-0.1, -0.05) is 13.8 Å². The number of aromatic nitrogens is 2. The Bertz CT molecular complexity index is 449. The average molecular weight is 276 g/mol. The van der Waals surface area contributed by atoms with Crippen LogP contribution < -0.4 is 5.32 Å². The van der Waals surface area contributed by atoms with E-state index in [1.807, 2.05) is 4.90 Å². The number of rotatable bonds is 5. The molecule has 0 radical (unpaired) electrons. The van der Waals surface area contributed by atoms with Crippen LogP contribution in [0.3, 0.4) is 0 Å². The summed E-state index contributed by atoms with van der Waals surface area (Å²) < 4.78 is 0. The second-order valence-electron chi connectivity index (χ2n) is 5.27. The van der Waals surface area contributed by atoms with E-state index in [4.69, 9.17) is 0 Å². The van der Waals surface area contributed by atoms with E-state index in [1.165, 1.54) is 6.42 Å². The summed E-state index contributed by atoms with van der Waals surface area (Å²) in [7, 11) is 0. The fourth-order valence-corrected chi connectivity index (χ4v) is 2.65. The van der Waals surface area contributed by atoms with Crippen LogP contribution in [0.15, 0.2) is 12.4 Å². The fraction of sp³-hybridized carbons (Fsp3) is 0.667. The molecule has 2 rings (SSSR count). The van der Waals surface area contributed by atoms with Gasteiger partial charge in [-0.3, -0.25) is 9.78 Å². The molecular weight excluding hydrogens is 252 g/mol. The topological polar surface area (TPSA) is 58.1 Å². The van der Waals surface area contributed by atoms with Gasteiger partial charge in [0.25, 0.3) is 5.91 Å². The smallest absolute Gasteiger partial charge is 0.274 e. The minimum absolute atomic E-state index is 0.0178. The van der Waals surface area contributed by atoms with Crippen molar-refractivity contribution in [2.45, 2.75) is 52.0 Å². The molecule has 1 aromatic heterocycles. The van der Waals surface area contributed by atoms with E-state index in [-0.39, 0.29) is 5.91 Å². The summed E-state index contributed by atoms with van der Waals surface area (Å²) in [4.78, 5) is 23.1. The SMILES string of the molecule is CCCNc1cncc(C(=O)N2CCCCC2CC)n1. The Kier molecular flexibility index (Phi) is 5.32. The number of likely N-dealkylation sites (tertiary alicyclic amines) is 1. The molecule has 1 fully saturated rings. The van der Waals surface area contributed by atoms with Crippen LogP contribution in [-0.4, -0.2) is 39.9 Å². The molecule has 1 aliphatic rings. The molecule has 5 heteroatoms. The highest BCUT2D eigenvalue weighted by molar-refractivity contribution is 5.92. The maximum absolute atomic E-state index is 12.6. The molecule has 1 atom stereocenters. The summed E-state index contributed by atoms with van der Waals surface area (Å²) in [5.41, 5.74) is 0.450. The Morgan fingerprint density at radius 1 is 1.40 bits per heavy atom. The Labute approximate surface area is 120 Å². The third kappa shape index (κ3) is 3.46. The molecule has 1 N–H and O–H groups in total. The van der Waals surface area contributed by atoms with E-state index in [0.717, 1.165) is 38.8 Å². The Hall–Kier alpha value is -1.65. The zero-order valence-corrected chi connectivity index (χ0v) is 12.4. The van der Waals surface area contributed by atoms with Crippen molar-refractivity contribution in [2.75, 3.05) is 18.4 Å². The molecule has 20 heavy (non-hydrogen) atoms. The molecule has 0 aliphatic carbocycles. The van der Waals surface area contributed by atoms with Crippen LogP contribution in [-0.2, 0) is 0 Å². The van der Waals surface area contributed by atoms with Crippen molar-refractivity contribution in [3.8, 4) is 0 Å². The predicted molar refractivity (Wildman–Crippen MR) is 79.8 cm³/mol. The lowest BCUT2D eigenvalue weighted by Crippen LogP contribution is -2.43. The van der Waals surface area contributed by atoms with Gasteiger partial charge < -0.3 is 10.2 Å². The molecule has 1 saturated heterocycles. The molecule has 2 heterocycles. The van der Waals surface area contributed by atoms with Crippen molar-refractivity contribution >= 4 is 11.7 Å². The van der Waals surface area contributed by atoms with Crippen molar-refractivity contribution in [3.63, 3.8) is 0 Å². The van der Waals surface area contributed by atoms with Crippen LogP contribution in [0.1, 0.15) is 56.4 Å². The molecular formula is C15H24N4O. The standard InChI is InChI=1S/C15H24N4O/c1-3-8-17-14-11-16-10-13(18-14)15(20)19-9-6-5-7-12(19)4-2/h10-12H,3-9H2,1-2H3,(H,17,18). The first-order valence-corrected chi connectivity index (χ1v) is 7.63. The van der Waals surface area contributed by atoms with Gasteiger partial charge in [-0.25, -0.2) is 4.98 Å². The summed E-state index contributed by atoms with van der Waals surface area (Å²) in [5, 5.41) is 3.17. The number of hydrogen-bond donors (Lipinski definition) is 1. The van der Waals surface area contributed by atoms with E-state index in [1.54, 1.807) is 12.4 Å². The molecule has 1 amide bonds. The number of piperidine rings is 1. The second-order valence-corrected chi connectivity index (χ2v) is 5.27. The van der Waals surface area contributed by atoms with Crippen LogP contribution >= 0.6 is 0 Å². The summed E-state index contributed by atoms with van der Waals surface area (Å²) in [5.74, 6) is 0.701. The van der Waals surface area contributed by atoms with Crippen molar-refractivity contribution in [3.05, 3.63) is 18.1 Å². The predicted octanol–water partition coefficient (Wildman–Crippen LogP) is 2.70. The maximum Gasteiger partial charge on any atom is 0.274 e. The molecule has 0 saturated carbocycles. The summed E-state index contributed by atoms with van der Waals surface area (Å²) in [6.45, 7) is 5.91. The zero-order valence-electron chi connectivity index (χ0n) is 12.4. The van der Waals surface area contributed by atoms with Crippen molar-refractivity contribution < 1.29 is 4.79 Å². The molecule has 1 aliphatic heterocycles. The summed E-state index contributed by atoms with van der Waals surface area (Å²) >= 11 is 0. The third-order valence-electron chi connectivity index (χ3n) is 3.77. The van der Waals surface area contributed by atoms with Gasteiger partial charge in [-0.15, -0.1) is 0 Å². The number of carbonyl (C=O) groups excluding carboxylic acids is 1. The van der Waals surface area contributed by atoms with Crippen molar-refractivity contribution in [2.24, 2.45) is 0 Å². The van der Waals surface area contributed by atoms with Gasteiger partial charge in [-0.05, 0) is 32.1 Å². The van der Waals surface area contributed by atoms with E-state index in [2.05, 4.69) is 29.1 Å². The summed E-state index contributed by atoms with van der Waals surface area (Å²) in [6, 6.07) is 0.352. The van der Waals surface area contributed by atoms with E-state index < -0.39 is 0 Å². The molecule has 0 spiro atoms. The van der Waals surface area contributed by atoms with Crippen molar-refractivity contribution in [1.82, 2.24) is 14.9 Å². The monoisotopic (exact) mass is 276 g/mol. The lowest BCUT2D eigenvalue weighted by Gasteiger charge is -2.35. The Morgan fingerprint density at radius 2 is 2.25 bits per heavy atom. The van der Waals surface area contributed by atoms with Gasteiger partial charge in [0.05, 0.1) is 12.4 Å². The molecule has 0 aromatic carbocycles. The van der Waals surface area contributed by atoms with Crippen molar-refractivity contribution in [1.29, 1.82) is 0 Å². The highest BCUT2D eigenvalue weighted by Crippen LogP contribution is 2.21. The van der Waals surface area contributed by atoms with Gasteiger partial charge in [0, 0.05) is 19.1 Å². The van der Waals surface area contributed by atoms with Gasteiger partial charge in [-0.2, -0.15) is 0 Å². The number of hydrogen-bond acceptors (Lipinski definition) is 4. The van der Waals surface area contributed by atoms with E-state index in [9.17, 15) is 4.79 Å². The maximum atomic E-state index is 12.6. The first kappa shape index (κ1) is 14.8. The highest BCUT2D eigenvalue weighted by atomic mass is 16.2. The fourth-order valence-electron chi connectivity index (χ4n) is 2.65. The van der Waals surface area contributed by atoms with Crippen LogP contribution in [0, 0.1) is 0 Å². The quantitative estimate of drug-likeness (QED) is 0.898. The Morgan fingerprint density at radius 3 is 3.00 bits per heavy atom. The first-order valence-electron chi connectivity index (χ1n) is 7.63. The van der Waals surface area contributed by atoms with Crippen LogP contribution in [0.2, 0.25) is 0 Å². The molecule has 1 unspecified atom stereocenters. The van der Waals surface area contributed by atoms with Gasteiger partial charge in [0.1, 0.15) is 11.5 Å². The zero-order chi connectivity index (χ0) is 14.4.